The number of aromatic nitrogens is 2. The lowest BCUT2D eigenvalue weighted by atomic mass is 9.96. The van der Waals surface area contributed by atoms with Gasteiger partial charge in [0.05, 0.1) is 12.8 Å². The number of hydrogen-bond acceptors (Lipinski definition) is 7. The van der Waals surface area contributed by atoms with Crippen molar-refractivity contribution in [1.29, 1.82) is 0 Å². The molecule has 0 atom stereocenters. The Labute approximate surface area is 187 Å². The average Bonchev–Trinajstić information content (AvgIpc) is 3.22. The highest BCUT2D eigenvalue weighted by molar-refractivity contribution is 7.21. The van der Waals surface area contributed by atoms with Crippen molar-refractivity contribution in [3.8, 4) is 17.0 Å². The molecule has 1 saturated heterocycles. The number of rotatable bonds is 7. The molecule has 164 valence electrons. The van der Waals surface area contributed by atoms with Crippen LogP contribution in [0.4, 0.5) is 5.13 Å². The van der Waals surface area contributed by atoms with Crippen LogP contribution in [0, 0.1) is 5.92 Å². The molecule has 1 aliphatic heterocycles. The molecule has 3 aromatic rings. The lowest BCUT2D eigenvalue weighted by Gasteiger charge is -2.31. The summed E-state index contributed by atoms with van der Waals surface area (Å²) in [5, 5.41) is 4.04. The van der Waals surface area contributed by atoms with Gasteiger partial charge in [-0.15, -0.1) is 0 Å². The van der Waals surface area contributed by atoms with Gasteiger partial charge in [-0.2, -0.15) is 0 Å². The highest BCUT2D eigenvalue weighted by atomic mass is 32.1. The molecule has 0 radical (unpaired) electrons. The normalized spacial score (nSPS) is 14.9. The third-order valence-electron chi connectivity index (χ3n) is 5.60. The summed E-state index contributed by atoms with van der Waals surface area (Å²) in [5.41, 5.74) is 2.85. The molecule has 1 aliphatic rings. The van der Waals surface area contributed by atoms with E-state index in [-0.39, 0.29) is 11.8 Å². The number of nitrogens with one attached hydrogen (secondary N) is 1. The molecule has 2 aromatic heterocycles. The van der Waals surface area contributed by atoms with E-state index < -0.39 is 0 Å². The maximum Gasteiger partial charge on any atom is 0.223 e. The number of benzene rings is 1. The van der Waals surface area contributed by atoms with E-state index in [9.17, 15) is 4.79 Å². The molecule has 0 aliphatic carbocycles. The Hall–Kier alpha value is -2.71. The Morgan fingerprint density at radius 1 is 1.23 bits per heavy atom. The zero-order chi connectivity index (χ0) is 21.8. The number of ether oxygens (including phenoxy) is 1. The summed E-state index contributed by atoms with van der Waals surface area (Å²) in [5.74, 6) is 1.08. The fourth-order valence-corrected chi connectivity index (χ4v) is 4.75. The second-order valence-electron chi connectivity index (χ2n) is 8.10. The van der Waals surface area contributed by atoms with E-state index in [0.717, 1.165) is 65.0 Å². The number of amides is 1. The lowest BCUT2D eigenvalue weighted by molar-refractivity contribution is -0.125. The molecule has 31 heavy (non-hydrogen) atoms. The molecule has 0 spiro atoms. The fourth-order valence-electron chi connectivity index (χ4n) is 3.76. The second-order valence-corrected chi connectivity index (χ2v) is 9.06. The smallest absolute Gasteiger partial charge is 0.223 e. The number of methoxy groups -OCH3 is 1. The van der Waals surface area contributed by atoms with Crippen molar-refractivity contribution in [3.05, 3.63) is 36.4 Å². The summed E-state index contributed by atoms with van der Waals surface area (Å²) in [4.78, 5) is 27.3. The molecule has 0 saturated carbocycles. The molecule has 1 fully saturated rings. The van der Waals surface area contributed by atoms with Crippen LogP contribution in [0.25, 0.3) is 21.6 Å². The van der Waals surface area contributed by atoms with Crippen LogP contribution in [-0.4, -0.2) is 68.2 Å². The van der Waals surface area contributed by atoms with E-state index in [1.807, 2.05) is 50.5 Å². The number of nitrogens with zero attached hydrogens (tertiary/aromatic N) is 4. The maximum absolute atomic E-state index is 12.4. The van der Waals surface area contributed by atoms with Gasteiger partial charge in [-0.05, 0) is 51.2 Å². The van der Waals surface area contributed by atoms with Gasteiger partial charge >= 0.3 is 0 Å². The van der Waals surface area contributed by atoms with Crippen LogP contribution in [-0.2, 0) is 4.79 Å². The van der Waals surface area contributed by atoms with Gasteiger partial charge in [0.1, 0.15) is 16.1 Å². The molecule has 4 rings (SSSR count). The first kappa shape index (κ1) is 21.5. The Morgan fingerprint density at radius 3 is 2.77 bits per heavy atom. The summed E-state index contributed by atoms with van der Waals surface area (Å²) >= 11 is 1.62. The van der Waals surface area contributed by atoms with Crippen LogP contribution < -0.4 is 15.0 Å². The van der Waals surface area contributed by atoms with Gasteiger partial charge in [0.25, 0.3) is 0 Å². The van der Waals surface area contributed by atoms with Crippen molar-refractivity contribution in [2.75, 3.05) is 52.3 Å². The quantitative estimate of drug-likeness (QED) is 0.609. The minimum atomic E-state index is 0.0885. The van der Waals surface area contributed by atoms with Crippen molar-refractivity contribution < 1.29 is 9.53 Å². The third kappa shape index (κ3) is 5.14. The van der Waals surface area contributed by atoms with Crippen LogP contribution in [0.2, 0.25) is 0 Å². The van der Waals surface area contributed by atoms with Crippen molar-refractivity contribution in [3.63, 3.8) is 0 Å². The number of carbonyl (C=O) groups excluding carboxylic acids is 1. The first-order valence-electron chi connectivity index (χ1n) is 10.6. The number of piperidine rings is 1. The van der Waals surface area contributed by atoms with Crippen LogP contribution in [0.3, 0.4) is 0 Å². The molecule has 1 N–H and O–H groups in total. The number of fused-ring (bicyclic) bond motifs is 1. The van der Waals surface area contributed by atoms with E-state index in [1.54, 1.807) is 18.4 Å². The summed E-state index contributed by atoms with van der Waals surface area (Å²) in [6.45, 7) is 3.24. The number of hydrogen-bond donors (Lipinski definition) is 1. The molecule has 8 heteroatoms. The van der Waals surface area contributed by atoms with E-state index in [0.29, 0.717) is 6.54 Å². The molecular formula is C23H29N5O2S. The van der Waals surface area contributed by atoms with Gasteiger partial charge in [-0.25, -0.2) is 9.97 Å². The number of anilines is 1. The predicted molar refractivity (Wildman–Crippen MR) is 126 cm³/mol. The topological polar surface area (TPSA) is 70.6 Å². The summed E-state index contributed by atoms with van der Waals surface area (Å²) < 4.78 is 5.33. The summed E-state index contributed by atoms with van der Waals surface area (Å²) in [7, 11) is 5.69. The van der Waals surface area contributed by atoms with Crippen LogP contribution in [0.1, 0.15) is 12.8 Å². The Morgan fingerprint density at radius 2 is 2.03 bits per heavy atom. The second kappa shape index (κ2) is 9.62. The number of carbonyl (C=O) groups is 1. The van der Waals surface area contributed by atoms with E-state index in [1.165, 1.54) is 0 Å². The predicted octanol–water partition coefficient (Wildman–Crippen LogP) is 3.26. The zero-order valence-electron chi connectivity index (χ0n) is 18.3. The highest BCUT2D eigenvalue weighted by Crippen LogP contribution is 2.32. The monoisotopic (exact) mass is 439 g/mol. The van der Waals surface area contributed by atoms with Gasteiger partial charge in [-0.1, -0.05) is 23.5 Å². The van der Waals surface area contributed by atoms with Gasteiger partial charge in [-0.3, -0.25) is 4.79 Å². The SMILES string of the molecule is COc1cccc(-c2ccc3nc(N4CCC(C(=O)NCCN(C)C)CC4)sc3n2)c1. The van der Waals surface area contributed by atoms with Gasteiger partial charge < -0.3 is 19.9 Å². The van der Waals surface area contributed by atoms with Crippen molar-refractivity contribution in [2.45, 2.75) is 12.8 Å². The number of thiazole rings is 1. The molecule has 1 aromatic carbocycles. The first-order valence-corrected chi connectivity index (χ1v) is 11.4. The Bertz CT molecular complexity index is 1040. The first-order chi connectivity index (χ1) is 15.0. The van der Waals surface area contributed by atoms with Crippen LogP contribution in [0.5, 0.6) is 5.75 Å². The van der Waals surface area contributed by atoms with E-state index in [4.69, 9.17) is 14.7 Å². The van der Waals surface area contributed by atoms with Crippen LogP contribution >= 0.6 is 11.3 Å². The van der Waals surface area contributed by atoms with Crippen molar-refractivity contribution >= 4 is 32.7 Å². The number of pyridine rings is 1. The highest BCUT2D eigenvalue weighted by Gasteiger charge is 2.26. The van der Waals surface area contributed by atoms with Gasteiger partial charge in [0.2, 0.25) is 5.91 Å². The largest absolute Gasteiger partial charge is 0.497 e. The standard InChI is InChI=1S/C23H29N5O2S/c1-27(2)14-11-24-21(29)16-9-12-28(13-10-16)23-26-20-8-7-19(25-22(20)31-23)17-5-4-6-18(15-17)30-3/h4-8,15-16H,9-14H2,1-3H3,(H,24,29). The third-order valence-corrected chi connectivity index (χ3v) is 6.63. The molecule has 1 amide bonds. The average molecular weight is 440 g/mol. The summed E-state index contributed by atoms with van der Waals surface area (Å²) in [6, 6.07) is 12.0. The van der Waals surface area contributed by atoms with E-state index >= 15 is 0 Å². The fraction of sp³-hybridized carbons (Fsp3) is 0.435. The number of likely N-dealkylation sites (N-methyl/N-ethyl adjacent to an activating group) is 1. The Balaban J connectivity index is 1.41. The molecule has 0 bridgehead atoms. The molecule has 0 unspecified atom stereocenters. The van der Waals surface area contributed by atoms with Gasteiger partial charge in [0.15, 0.2) is 5.13 Å². The van der Waals surface area contributed by atoms with Crippen molar-refractivity contribution in [2.24, 2.45) is 5.92 Å². The molecule has 7 nitrogen and oxygen atoms in total. The molecule has 3 heterocycles. The molecular weight excluding hydrogens is 410 g/mol. The van der Waals surface area contributed by atoms with E-state index in [2.05, 4.69) is 15.1 Å². The van der Waals surface area contributed by atoms with Crippen molar-refractivity contribution in [1.82, 2.24) is 20.2 Å². The summed E-state index contributed by atoms with van der Waals surface area (Å²) in [6.07, 6.45) is 1.71. The zero-order valence-corrected chi connectivity index (χ0v) is 19.1. The maximum atomic E-state index is 12.4. The lowest BCUT2D eigenvalue weighted by Crippen LogP contribution is -2.42. The van der Waals surface area contributed by atoms with Crippen LogP contribution in [0.15, 0.2) is 36.4 Å². The minimum absolute atomic E-state index is 0.0885. The Kier molecular flexibility index (Phi) is 6.67. The minimum Gasteiger partial charge on any atom is -0.497 e. The van der Waals surface area contributed by atoms with Gasteiger partial charge in [0, 0.05) is 37.7 Å².